The summed E-state index contributed by atoms with van der Waals surface area (Å²) in [5.41, 5.74) is 3.65. The number of hydrogen-bond acceptors (Lipinski definition) is 5. The van der Waals surface area contributed by atoms with Gasteiger partial charge in [-0.2, -0.15) is 0 Å². The molecular formula is C27H22F2N4O3. The Bertz CT molecular complexity index is 1430. The van der Waals surface area contributed by atoms with Gasteiger partial charge in [0.1, 0.15) is 18.2 Å². The van der Waals surface area contributed by atoms with Gasteiger partial charge < -0.3 is 9.64 Å². The van der Waals surface area contributed by atoms with Crippen LogP contribution in [0.1, 0.15) is 21.5 Å². The number of ether oxygens (including phenoxy) is 1. The van der Waals surface area contributed by atoms with Gasteiger partial charge in [0.25, 0.3) is 0 Å². The third-order valence-corrected chi connectivity index (χ3v) is 6.15. The Kier molecular flexibility index (Phi) is 6.28. The van der Waals surface area contributed by atoms with E-state index in [1.54, 1.807) is 35.2 Å². The van der Waals surface area contributed by atoms with Gasteiger partial charge in [-0.25, -0.2) is 23.2 Å². The fourth-order valence-electron chi connectivity index (χ4n) is 4.22. The molecule has 0 aliphatic carbocycles. The van der Waals surface area contributed by atoms with E-state index in [0.29, 0.717) is 47.8 Å². The maximum Gasteiger partial charge on any atom is 0.337 e. The van der Waals surface area contributed by atoms with E-state index >= 15 is 0 Å². The summed E-state index contributed by atoms with van der Waals surface area (Å²) in [5, 5.41) is 4.52. The molecule has 0 fully saturated rings. The van der Waals surface area contributed by atoms with Gasteiger partial charge in [-0.15, -0.1) is 5.10 Å². The molecule has 5 rings (SSSR count). The number of carbonyl (C=O) groups excluding carboxylic acids is 2. The number of aromatic nitrogens is 3. The second-order valence-corrected chi connectivity index (χ2v) is 8.47. The molecule has 1 amide bonds. The molecule has 4 aromatic rings. The summed E-state index contributed by atoms with van der Waals surface area (Å²) in [5.74, 6) is -0.577. The van der Waals surface area contributed by atoms with Gasteiger partial charge in [0.15, 0.2) is 11.6 Å². The van der Waals surface area contributed by atoms with Crippen molar-refractivity contribution >= 4 is 11.9 Å². The molecule has 0 saturated carbocycles. The average molecular weight is 488 g/mol. The summed E-state index contributed by atoms with van der Waals surface area (Å²) in [6, 6.07) is 16.9. The summed E-state index contributed by atoms with van der Waals surface area (Å²) in [7, 11) is 1.34. The quantitative estimate of drug-likeness (QED) is 0.393. The number of carbonyl (C=O) groups is 2. The van der Waals surface area contributed by atoms with Crippen LogP contribution in [0.4, 0.5) is 8.78 Å². The number of hydrogen-bond donors (Lipinski definition) is 0. The molecule has 0 N–H and O–H groups in total. The molecule has 0 saturated heterocycles. The van der Waals surface area contributed by atoms with Crippen molar-refractivity contribution in [1.82, 2.24) is 19.7 Å². The van der Waals surface area contributed by atoms with Crippen molar-refractivity contribution in [2.45, 2.75) is 19.5 Å². The van der Waals surface area contributed by atoms with Crippen LogP contribution >= 0.6 is 0 Å². The topological polar surface area (TPSA) is 77.3 Å². The van der Waals surface area contributed by atoms with Gasteiger partial charge in [0.05, 0.1) is 12.7 Å². The monoisotopic (exact) mass is 488 g/mol. The third kappa shape index (κ3) is 4.72. The second-order valence-electron chi connectivity index (χ2n) is 8.47. The fourth-order valence-corrected chi connectivity index (χ4v) is 4.22. The lowest BCUT2D eigenvalue weighted by Gasteiger charge is -2.29. The molecule has 9 heteroatoms. The normalized spacial score (nSPS) is 12.8. The zero-order valence-corrected chi connectivity index (χ0v) is 19.4. The zero-order chi connectivity index (χ0) is 25.2. The molecule has 0 atom stereocenters. The van der Waals surface area contributed by atoms with E-state index in [1.165, 1.54) is 36.1 Å². The largest absolute Gasteiger partial charge is 0.465 e. The van der Waals surface area contributed by atoms with Crippen molar-refractivity contribution < 1.29 is 23.1 Å². The molecule has 182 valence electrons. The highest BCUT2D eigenvalue weighted by Crippen LogP contribution is 2.25. The summed E-state index contributed by atoms with van der Waals surface area (Å²) >= 11 is 0. The second kappa shape index (κ2) is 9.69. The predicted octanol–water partition coefficient (Wildman–Crippen LogP) is 4.26. The number of esters is 1. The maximum atomic E-state index is 13.5. The van der Waals surface area contributed by atoms with E-state index in [-0.39, 0.29) is 24.1 Å². The summed E-state index contributed by atoms with van der Waals surface area (Å²) < 4.78 is 33.2. The van der Waals surface area contributed by atoms with Crippen LogP contribution < -0.4 is 0 Å². The van der Waals surface area contributed by atoms with Crippen molar-refractivity contribution in [2.75, 3.05) is 13.7 Å². The van der Waals surface area contributed by atoms with Crippen molar-refractivity contribution in [3.8, 4) is 22.8 Å². The van der Waals surface area contributed by atoms with E-state index < -0.39 is 5.97 Å². The van der Waals surface area contributed by atoms with E-state index in [9.17, 15) is 18.4 Å². The summed E-state index contributed by atoms with van der Waals surface area (Å²) in [6.45, 7) is 0.819. The van der Waals surface area contributed by atoms with Gasteiger partial charge in [-0.1, -0.05) is 6.07 Å². The first-order valence-electron chi connectivity index (χ1n) is 11.4. The van der Waals surface area contributed by atoms with Crippen molar-refractivity contribution in [3.63, 3.8) is 0 Å². The molecule has 0 spiro atoms. The van der Waals surface area contributed by atoms with Gasteiger partial charge >= 0.3 is 5.97 Å². The van der Waals surface area contributed by atoms with Gasteiger partial charge in [-0.05, 0) is 78.2 Å². The molecular weight excluding hydrogens is 466 g/mol. The van der Waals surface area contributed by atoms with E-state index in [2.05, 4.69) is 10.1 Å². The molecule has 0 radical (unpaired) electrons. The summed E-state index contributed by atoms with van der Waals surface area (Å²) in [6.07, 6.45) is 0.606. The lowest BCUT2D eigenvalue weighted by molar-refractivity contribution is -0.132. The Morgan fingerprint density at radius 3 is 2.25 bits per heavy atom. The first kappa shape index (κ1) is 23.3. The molecule has 1 aliphatic rings. The van der Waals surface area contributed by atoms with Crippen molar-refractivity contribution in [1.29, 1.82) is 0 Å². The number of rotatable bonds is 5. The molecule has 0 unspecified atom stereocenters. The first-order chi connectivity index (χ1) is 17.4. The van der Waals surface area contributed by atoms with Crippen molar-refractivity contribution in [2.24, 2.45) is 0 Å². The minimum Gasteiger partial charge on any atom is -0.465 e. The molecule has 1 aliphatic heterocycles. The number of nitrogens with zero attached hydrogens (tertiary/aromatic N) is 4. The third-order valence-electron chi connectivity index (χ3n) is 6.15. The first-order valence-corrected chi connectivity index (χ1v) is 11.4. The minimum absolute atomic E-state index is 0.0729. The maximum absolute atomic E-state index is 13.5. The smallest absolute Gasteiger partial charge is 0.337 e. The SMILES string of the molecule is COC(=O)c1ccc2c(c1)CCN(C(=O)Cn1nc(-c3ccc(F)cc3)nc1-c1ccc(F)cc1)C2. The molecule has 0 bridgehead atoms. The zero-order valence-electron chi connectivity index (χ0n) is 19.4. The van der Waals surface area contributed by atoms with Crippen molar-refractivity contribution in [3.05, 3.63) is 95.1 Å². The molecule has 1 aromatic heterocycles. The minimum atomic E-state index is -0.396. The standard InChI is InChI=1S/C27H22F2N4O3/c1-36-27(35)20-2-3-21-15-32(13-12-19(21)14-20)24(34)16-33-26(18-6-10-23(29)11-7-18)30-25(31-33)17-4-8-22(28)9-5-17/h2-11,14H,12-13,15-16H2,1H3. The number of halogens is 2. The van der Waals surface area contributed by atoms with Crippen LogP contribution in [0.15, 0.2) is 66.7 Å². The number of fused-ring (bicyclic) bond motifs is 1. The van der Waals surface area contributed by atoms with Crippen LogP contribution in [-0.2, 0) is 29.0 Å². The van der Waals surface area contributed by atoms with E-state index in [1.807, 2.05) is 12.1 Å². The Morgan fingerprint density at radius 2 is 1.58 bits per heavy atom. The van der Waals surface area contributed by atoms with Crippen LogP contribution in [0.5, 0.6) is 0 Å². The van der Waals surface area contributed by atoms with Gasteiger partial charge in [-0.3, -0.25) is 4.79 Å². The van der Waals surface area contributed by atoms with E-state index in [4.69, 9.17) is 4.74 Å². The van der Waals surface area contributed by atoms with Crippen LogP contribution in [-0.4, -0.2) is 45.2 Å². The van der Waals surface area contributed by atoms with Crippen LogP contribution in [0.3, 0.4) is 0 Å². The predicted molar refractivity (Wildman–Crippen MR) is 128 cm³/mol. The highest BCUT2D eigenvalue weighted by atomic mass is 19.1. The van der Waals surface area contributed by atoms with Crippen LogP contribution in [0.25, 0.3) is 22.8 Å². The van der Waals surface area contributed by atoms with Gasteiger partial charge in [0, 0.05) is 24.2 Å². The Balaban J connectivity index is 1.41. The van der Waals surface area contributed by atoms with E-state index in [0.717, 1.165) is 11.1 Å². The number of amides is 1. The number of benzene rings is 3. The van der Waals surface area contributed by atoms with Crippen LogP contribution in [0, 0.1) is 11.6 Å². The molecule has 7 nitrogen and oxygen atoms in total. The lowest BCUT2D eigenvalue weighted by atomic mass is 9.97. The molecule has 36 heavy (non-hydrogen) atoms. The molecule has 3 aromatic carbocycles. The number of methoxy groups -OCH3 is 1. The van der Waals surface area contributed by atoms with Crippen LogP contribution in [0.2, 0.25) is 0 Å². The highest BCUT2D eigenvalue weighted by Gasteiger charge is 2.24. The van der Waals surface area contributed by atoms with Gasteiger partial charge in [0.2, 0.25) is 5.91 Å². The molecule has 2 heterocycles. The Labute approximate surface area is 206 Å². The highest BCUT2D eigenvalue weighted by molar-refractivity contribution is 5.89. The average Bonchev–Trinajstić information content (AvgIpc) is 3.31. The fraction of sp³-hybridized carbons (Fsp3) is 0.185. The summed E-state index contributed by atoms with van der Waals surface area (Å²) in [4.78, 5) is 31.4. The lowest BCUT2D eigenvalue weighted by Crippen LogP contribution is -2.38. The Hall–Kier alpha value is -4.40. The Morgan fingerprint density at radius 1 is 0.917 bits per heavy atom.